The SMILES string of the molecule is Cn1cc(-c2ccc3cc(Cl)ccc3n2)c2cc([N+](=O)[O-])ccc21. The second-order valence-corrected chi connectivity index (χ2v) is 6.08. The number of hydrogen-bond donors (Lipinski definition) is 0. The molecule has 0 unspecified atom stereocenters. The van der Waals surface area contributed by atoms with Crippen molar-refractivity contribution in [3.8, 4) is 11.3 Å². The zero-order valence-electron chi connectivity index (χ0n) is 12.7. The maximum absolute atomic E-state index is 11.1. The van der Waals surface area contributed by atoms with E-state index in [4.69, 9.17) is 11.6 Å². The molecule has 4 rings (SSSR count). The second kappa shape index (κ2) is 5.32. The molecule has 0 radical (unpaired) electrons. The molecule has 118 valence electrons. The van der Waals surface area contributed by atoms with Crippen LogP contribution >= 0.6 is 11.6 Å². The Bertz CT molecular complexity index is 1120. The monoisotopic (exact) mass is 337 g/mol. The van der Waals surface area contributed by atoms with Gasteiger partial charge in [-0.2, -0.15) is 0 Å². The number of non-ortho nitro benzene ring substituents is 1. The first kappa shape index (κ1) is 14.7. The Morgan fingerprint density at radius 3 is 2.75 bits per heavy atom. The van der Waals surface area contributed by atoms with E-state index < -0.39 is 0 Å². The van der Waals surface area contributed by atoms with Gasteiger partial charge in [-0.3, -0.25) is 10.1 Å². The Balaban J connectivity index is 1.96. The largest absolute Gasteiger partial charge is 0.350 e. The molecule has 0 aliphatic rings. The first-order valence-corrected chi connectivity index (χ1v) is 7.71. The molecule has 4 aromatic rings. The van der Waals surface area contributed by atoms with E-state index in [0.717, 1.165) is 33.1 Å². The normalized spacial score (nSPS) is 11.2. The Morgan fingerprint density at radius 2 is 1.96 bits per heavy atom. The molecule has 0 bridgehead atoms. The number of nitrogens with zero attached hydrogens (tertiary/aromatic N) is 3. The van der Waals surface area contributed by atoms with Crippen molar-refractivity contribution >= 4 is 39.1 Å². The van der Waals surface area contributed by atoms with Gasteiger partial charge < -0.3 is 4.57 Å². The molecule has 5 nitrogen and oxygen atoms in total. The molecule has 6 heteroatoms. The molecular weight excluding hydrogens is 326 g/mol. The summed E-state index contributed by atoms with van der Waals surface area (Å²) in [7, 11) is 1.92. The van der Waals surface area contributed by atoms with E-state index >= 15 is 0 Å². The van der Waals surface area contributed by atoms with Gasteiger partial charge in [0.15, 0.2) is 0 Å². The van der Waals surface area contributed by atoms with E-state index in [1.165, 1.54) is 6.07 Å². The average Bonchev–Trinajstić information content (AvgIpc) is 2.91. The standard InChI is InChI=1S/C18H12ClN3O2/c1-21-10-15(14-9-13(22(23)24)4-7-18(14)21)17-5-2-11-8-12(19)3-6-16(11)20-17/h2-10H,1H3. The predicted molar refractivity (Wildman–Crippen MR) is 95.3 cm³/mol. The Kier molecular flexibility index (Phi) is 3.25. The summed E-state index contributed by atoms with van der Waals surface area (Å²) in [6.07, 6.45) is 1.94. The van der Waals surface area contributed by atoms with Crippen LogP contribution in [0.5, 0.6) is 0 Å². The molecule has 0 aliphatic heterocycles. The number of halogens is 1. The smallest absolute Gasteiger partial charge is 0.270 e. The average molecular weight is 338 g/mol. The predicted octanol–water partition coefficient (Wildman–Crippen LogP) is 4.96. The highest BCUT2D eigenvalue weighted by atomic mass is 35.5. The highest BCUT2D eigenvalue weighted by molar-refractivity contribution is 6.31. The minimum atomic E-state index is -0.383. The Morgan fingerprint density at radius 1 is 1.12 bits per heavy atom. The van der Waals surface area contributed by atoms with Gasteiger partial charge in [0.25, 0.3) is 5.69 Å². The van der Waals surface area contributed by atoms with Crippen molar-refractivity contribution in [3.63, 3.8) is 0 Å². The lowest BCUT2D eigenvalue weighted by molar-refractivity contribution is -0.384. The molecule has 2 aromatic carbocycles. The first-order chi connectivity index (χ1) is 11.5. The number of rotatable bonds is 2. The molecule has 0 saturated carbocycles. The van der Waals surface area contributed by atoms with Crippen LogP contribution in [0.2, 0.25) is 5.02 Å². The van der Waals surface area contributed by atoms with Crippen molar-refractivity contribution in [2.24, 2.45) is 7.05 Å². The summed E-state index contributed by atoms with van der Waals surface area (Å²) in [5.41, 5.74) is 3.47. The number of hydrogen-bond acceptors (Lipinski definition) is 3. The molecule has 2 aromatic heterocycles. The summed E-state index contributed by atoms with van der Waals surface area (Å²) in [5.74, 6) is 0. The third-order valence-corrected chi connectivity index (χ3v) is 4.35. The second-order valence-electron chi connectivity index (χ2n) is 5.65. The zero-order valence-corrected chi connectivity index (χ0v) is 13.5. The van der Waals surface area contributed by atoms with Gasteiger partial charge in [0.1, 0.15) is 0 Å². The maximum atomic E-state index is 11.1. The summed E-state index contributed by atoms with van der Waals surface area (Å²) in [6.45, 7) is 0. The van der Waals surface area contributed by atoms with Gasteiger partial charge in [0, 0.05) is 52.3 Å². The molecule has 2 heterocycles. The lowest BCUT2D eigenvalue weighted by Gasteiger charge is -2.03. The first-order valence-electron chi connectivity index (χ1n) is 7.33. The number of nitro benzene ring substituents is 1. The fourth-order valence-electron chi connectivity index (χ4n) is 2.94. The third-order valence-electron chi connectivity index (χ3n) is 4.11. The van der Waals surface area contributed by atoms with Gasteiger partial charge >= 0.3 is 0 Å². The van der Waals surface area contributed by atoms with Crippen molar-refractivity contribution in [1.82, 2.24) is 9.55 Å². The summed E-state index contributed by atoms with van der Waals surface area (Å²) >= 11 is 6.01. The molecule has 0 N–H and O–H groups in total. The van der Waals surface area contributed by atoms with Crippen molar-refractivity contribution in [2.45, 2.75) is 0 Å². The van der Waals surface area contributed by atoms with Crippen LogP contribution in [0, 0.1) is 10.1 Å². The summed E-state index contributed by atoms with van der Waals surface area (Å²) in [6, 6.07) is 14.3. The lowest BCUT2D eigenvalue weighted by Crippen LogP contribution is -1.88. The molecule has 0 spiro atoms. The molecule has 0 atom stereocenters. The molecule has 0 fully saturated rings. The number of nitro groups is 1. The summed E-state index contributed by atoms with van der Waals surface area (Å²) in [5, 5.41) is 13.5. The maximum Gasteiger partial charge on any atom is 0.270 e. The van der Waals surface area contributed by atoms with Gasteiger partial charge in [-0.1, -0.05) is 17.7 Å². The lowest BCUT2D eigenvalue weighted by atomic mass is 10.1. The van der Waals surface area contributed by atoms with E-state index in [1.807, 2.05) is 42.1 Å². The van der Waals surface area contributed by atoms with E-state index in [0.29, 0.717) is 5.02 Å². The topological polar surface area (TPSA) is 61.0 Å². The van der Waals surface area contributed by atoms with E-state index in [1.54, 1.807) is 18.2 Å². The van der Waals surface area contributed by atoms with Crippen LogP contribution < -0.4 is 0 Å². The van der Waals surface area contributed by atoms with Crippen LogP contribution in [0.3, 0.4) is 0 Å². The Labute approximate surface area is 142 Å². The van der Waals surface area contributed by atoms with Gasteiger partial charge in [0.05, 0.1) is 16.1 Å². The molecule has 0 saturated heterocycles. The van der Waals surface area contributed by atoms with Crippen LogP contribution in [-0.2, 0) is 7.05 Å². The Hall–Kier alpha value is -2.92. The quantitative estimate of drug-likeness (QED) is 0.384. The van der Waals surface area contributed by atoms with Crippen LogP contribution in [-0.4, -0.2) is 14.5 Å². The highest BCUT2D eigenvalue weighted by Crippen LogP contribution is 2.32. The fraction of sp³-hybridized carbons (Fsp3) is 0.0556. The van der Waals surface area contributed by atoms with E-state index in [9.17, 15) is 10.1 Å². The van der Waals surface area contributed by atoms with E-state index in [-0.39, 0.29) is 10.6 Å². The van der Waals surface area contributed by atoms with E-state index in [2.05, 4.69) is 4.98 Å². The number of pyridine rings is 1. The number of benzene rings is 2. The van der Waals surface area contributed by atoms with Gasteiger partial charge in [-0.05, 0) is 30.3 Å². The highest BCUT2D eigenvalue weighted by Gasteiger charge is 2.14. The summed E-state index contributed by atoms with van der Waals surface area (Å²) in [4.78, 5) is 15.4. The van der Waals surface area contributed by atoms with Gasteiger partial charge in [0.2, 0.25) is 0 Å². The van der Waals surface area contributed by atoms with Crippen molar-refractivity contribution in [3.05, 3.63) is 69.9 Å². The minimum Gasteiger partial charge on any atom is -0.350 e. The number of fused-ring (bicyclic) bond motifs is 2. The van der Waals surface area contributed by atoms with Crippen molar-refractivity contribution in [2.75, 3.05) is 0 Å². The minimum absolute atomic E-state index is 0.0718. The fourth-order valence-corrected chi connectivity index (χ4v) is 3.12. The molecule has 0 amide bonds. The molecule has 24 heavy (non-hydrogen) atoms. The third kappa shape index (κ3) is 2.30. The van der Waals surface area contributed by atoms with Crippen LogP contribution in [0.25, 0.3) is 33.1 Å². The number of aryl methyl sites for hydroxylation is 1. The molecule has 0 aliphatic carbocycles. The zero-order chi connectivity index (χ0) is 16.8. The van der Waals surface area contributed by atoms with Crippen LogP contribution in [0.1, 0.15) is 0 Å². The van der Waals surface area contributed by atoms with Crippen molar-refractivity contribution in [1.29, 1.82) is 0 Å². The van der Waals surface area contributed by atoms with Crippen LogP contribution in [0.15, 0.2) is 54.7 Å². The molecular formula is C18H12ClN3O2. The van der Waals surface area contributed by atoms with Gasteiger partial charge in [-0.25, -0.2) is 4.98 Å². The van der Waals surface area contributed by atoms with Crippen molar-refractivity contribution < 1.29 is 4.92 Å². The van der Waals surface area contributed by atoms with Gasteiger partial charge in [-0.15, -0.1) is 0 Å². The van der Waals surface area contributed by atoms with Crippen LogP contribution in [0.4, 0.5) is 5.69 Å². The number of aromatic nitrogens is 2. The summed E-state index contributed by atoms with van der Waals surface area (Å²) < 4.78 is 1.95.